The molecule has 2 N–H and O–H groups in total. The Balaban J connectivity index is 2.13. The van der Waals surface area contributed by atoms with Gasteiger partial charge in [0.1, 0.15) is 6.54 Å². The fraction of sp³-hybridized carbons (Fsp3) is 0.0769. The maximum absolute atomic E-state index is 8.90. The number of rotatable bonds is 3. The second-order valence-corrected chi connectivity index (χ2v) is 4.10. The van der Waals surface area contributed by atoms with Crippen molar-refractivity contribution in [2.45, 2.75) is 6.54 Å². The number of nitrogens with two attached hydrogens (primary N) is 1. The first-order valence-electron chi connectivity index (χ1n) is 5.87. The number of hydrogen-bond acceptors (Lipinski definition) is 6. The molecule has 2 heterocycles. The molecule has 0 aliphatic heterocycles. The molecule has 7 nitrogen and oxygen atoms in total. The van der Waals surface area contributed by atoms with Gasteiger partial charge in [0.2, 0.25) is 0 Å². The lowest BCUT2D eigenvalue weighted by Gasteiger charge is -1.98. The molecule has 3 rings (SSSR count). The van der Waals surface area contributed by atoms with E-state index < -0.39 is 0 Å². The van der Waals surface area contributed by atoms with E-state index in [4.69, 9.17) is 11.0 Å². The number of hydrogen-bond donors (Lipinski definition) is 1. The Bertz CT molecular complexity index is 768. The monoisotopic (exact) mass is 266 g/mol. The van der Waals surface area contributed by atoms with Gasteiger partial charge >= 0.3 is 0 Å². The van der Waals surface area contributed by atoms with E-state index in [9.17, 15) is 0 Å². The third kappa shape index (κ3) is 1.99. The number of nitrogens with zero attached hydrogens (tertiary/aromatic N) is 5. The highest BCUT2D eigenvalue weighted by Gasteiger charge is 2.18. The number of imidazole rings is 1. The predicted molar refractivity (Wildman–Crippen MR) is 71.0 cm³/mol. The van der Waals surface area contributed by atoms with Crippen molar-refractivity contribution in [2.24, 2.45) is 0 Å². The van der Waals surface area contributed by atoms with Crippen molar-refractivity contribution in [1.82, 2.24) is 19.9 Å². The fourth-order valence-corrected chi connectivity index (χ4v) is 1.90. The zero-order valence-corrected chi connectivity index (χ0v) is 10.4. The predicted octanol–water partition coefficient (Wildman–Crippen LogP) is 1.71. The van der Waals surface area contributed by atoms with Crippen molar-refractivity contribution < 1.29 is 4.63 Å². The van der Waals surface area contributed by atoms with Gasteiger partial charge in [0.25, 0.3) is 0 Å². The molecular formula is C13H10N6O. The van der Waals surface area contributed by atoms with Gasteiger partial charge in [0.15, 0.2) is 17.3 Å². The molecule has 2 aromatic heterocycles. The van der Waals surface area contributed by atoms with Crippen LogP contribution in [0.15, 0.2) is 41.2 Å². The van der Waals surface area contributed by atoms with Crippen molar-refractivity contribution in [2.75, 3.05) is 5.73 Å². The Labute approximate surface area is 114 Å². The first-order valence-corrected chi connectivity index (χ1v) is 5.87. The lowest BCUT2D eigenvalue weighted by molar-refractivity contribution is 0.310. The molecule has 1 aromatic carbocycles. The minimum absolute atomic E-state index is 0.140. The van der Waals surface area contributed by atoms with Crippen LogP contribution in [0.1, 0.15) is 0 Å². The highest BCUT2D eigenvalue weighted by atomic mass is 16.6. The van der Waals surface area contributed by atoms with E-state index in [-0.39, 0.29) is 12.4 Å². The summed E-state index contributed by atoms with van der Waals surface area (Å²) in [7, 11) is 0. The van der Waals surface area contributed by atoms with Gasteiger partial charge in [-0.25, -0.2) is 9.61 Å². The number of nitrogen functional groups attached to an aromatic ring is 1. The highest BCUT2D eigenvalue weighted by molar-refractivity contribution is 5.68. The van der Waals surface area contributed by atoms with E-state index in [0.29, 0.717) is 11.5 Å². The quantitative estimate of drug-likeness (QED) is 0.773. The Hall–Kier alpha value is -3.14. The van der Waals surface area contributed by atoms with Crippen molar-refractivity contribution in [3.05, 3.63) is 36.5 Å². The molecule has 0 aliphatic carbocycles. The zero-order valence-electron chi connectivity index (χ0n) is 10.4. The van der Waals surface area contributed by atoms with Gasteiger partial charge < -0.3 is 10.3 Å². The van der Waals surface area contributed by atoms with Crippen LogP contribution in [0.3, 0.4) is 0 Å². The molecule has 0 amide bonds. The van der Waals surface area contributed by atoms with Crippen LogP contribution in [0.2, 0.25) is 0 Å². The third-order valence-electron chi connectivity index (χ3n) is 2.81. The summed E-state index contributed by atoms with van der Waals surface area (Å²) in [4.78, 5) is 4.47. The number of benzene rings is 1. The second-order valence-electron chi connectivity index (χ2n) is 4.10. The molecular weight excluding hydrogens is 256 g/mol. The normalized spacial score (nSPS) is 10.3. The molecule has 0 atom stereocenters. The maximum Gasteiger partial charge on any atom is 0.199 e. The molecule has 98 valence electrons. The lowest BCUT2D eigenvalue weighted by Crippen LogP contribution is -1.99. The summed E-state index contributed by atoms with van der Waals surface area (Å²) in [6.45, 7) is 0.140. The van der Waals surface area contributed by atoms with E-state index in [1.54, 1.807) is 10.8 Å². The molecule has 0 radical (unpaired) electrons. The van der Waals surface area contributed by atoms with E-state index >= 15 is 0 Å². The average Bonchev–Trinajstić information content (AvgIpc) is 3.06. The van der Waals surface area contributed by atoms with Crippen LogP contribution in [0.5, 0.6) is 0 Å². The summed E-state index contributed by atoms with van der Waals surface area (Å²) in [5, 5.41) is 16.2. The number of nitriles is 1. The molecule has 0 spiro atoms. The fourth-order valence-electron chi connectivity index (χ4n) is 1.90. The van der Waals surface area contributed by atoms with Crippen molar-refractivity contribution >= 4 is 5.82 Å². The van der Waals surface area contributed by atoms with Gasteiger partial charge in [0.05, 0.1) is 11.8 Å². The second kappa shape index (κ2) is 4.85. The van der Waals surface area contributed by atoms with E-state index in [1.807, 2.05) is 30.3 Å². The van der Waals surface area contributed by atoms with E-state index in [1.165, 1.54) is 0 Å². The van der Waals surface area contributed by atoms with Crippen LogP contribution in [0.25, 0.3) is 22.8 Å². The van der Waals surface area contributed by atoms with Crippen molar-refractivity contribution in [3.63, 3.8) is 0 Å². The molecule has 3 aromatic rings. The smallest absolute Gasteiger partial charge is 0.199 e. The third-order valence-corrected chi connectivity index (χ3v) is 2.81. The topological polar surface area (TPSA) is 107 Å². The first-order chi connectivity index (χ1) is 9.79. The largest absolute Gasteiger partial charge is 0.379 e. The molecule has 20 heavy (non-hydrogen) atoms. The van der Waals surface area contributed by atoms with Crippen molar-refractivity contribution in [1.29, 1.82) is 5.26 Å². The van der Waals surface area contributed by atoms with Crippen LogP contribution in [-0.4, -0.2) is 19.9 Å². The van der Waals surface area contributed by atoms with Gasteiger partial charge in [-0.05, 0) is 10.3 Å². The van der Waals surface area contributed by atoms with Crippen LogP contribution in [0.4, 0.5) is 5.82 Å². The first kappa shape index (κ1) is 11.9. The van der Waals surface area contributed by atoms with E-state index in [0.717, 1.165) is 11.3 Å². The summed E-state index contributed by atoms with van der Waals surface area (Å²) in [5.74, 6) is 0.610. The molecule has 0 fully saturated rings. The van der Waals surface area contributed by atoms with Crippen molar-refractivity contribution in [3.8, 4) is 28.8 Å². The summed E-state index contributed by atoms with van der Waals surface area (Å²) >= 11 is 0. The highest BCUT2D eigenvalue weighted by Crippen LogP contribution is 2.26. The zero-order chi connectivity index (χ0) is 13.9. The molecule has 0 bridgehead atoms. The Kier molecular flexibility index (Phi) is 2.89. The summed E-state index contributed by atoms with van der Waals surface area (Å²) in [5.41, 5.74) is 7.70. The SMILES string of the molecule is N#CCn1cc(-c2ccccc2)nc1-c1nonc1N. The minimum atomic E-state index is 0.140. The minimum Gasteiger partial charge on any atom is -0.379 e. The van der Waals surface area contributed by atoms with Gasteiger partial charge in [0, 0.05) is 11.8 Å². The molecule has 0 saturated heterocycles. The standard InChI is InChI=1S/C13H10N6O/c14-6-7-19-8-10(9-4-2-1-3-5-9)16-13(19)11-12(15)18-20-17-11/h1-5,8H,7H2,(H2,15,18). The number of anilines is 1. The van der Waals surface area contributed by atoms with Gasteiger partial charge in [-0.3, -0.25) is 0 Å². The molecule has 0 aliphatic rings. The van der Waals surface area contributed by atoms with Gasteiger partial charge in [-0.1, -0.05) is 30.3 Å². The Morgan fingerprint density at radius 2 is 2.05 bits per heavy atom. The average molecular weight is 266 g/mol. The van der Waals surface area contributed by atoms with Gasteiger partial charge in [-0.15, -0.1) is 0 Å². The molecule has 0 unspecified atom stereocenters. The maximum atomic E-state index is 8.90. The van der Waals surface area contributed by atoms with Crippen LogP contribution >= 0.6 is 0 Å². The molecule has 7 heteroatoms. The summed E-state index contributed by atoms with van der Waals surface area (Å²) in [6, 6.07) is 11.7. The van der Waals surface area contributed by atoms with Gasteiger partial charge in [-0.2, -0.15) is 5.26 Å². The van der Waals surface area contributed by atoms with Crippen LogP contribution in [0, 0.1) is 11.3 Å². The Morgan fingerprint density at radius 1 is 1.25 bits per heavy atom. The Morgan fingerprint density at radius 3 is 2.70 bits per heavy atom. The lowest BCUT2D eigenvalue weighted by atomic mass is 10.2. The van der Waals surface area contributed by atoms with Crippen LogP contribution < -0.4 is 5.73 Å². The van der Waals surface area contributed by atoms with E-state index in [2.05, 4.69) is 26.0 Å². The molecule has 0 saturated carbocycles. The summed E-state index contributed by atoms with van der Waals surface area (Å²) in [6.07, 6.45) is 1.78. The summed E-state index contributed by atoms with van der Waals surface area (Å²) < 4.78 is 6.25. The van der Waals surface area contributed by atoms with Crippen LogP contribution in [-0.2, 0) is 6.54 Å². The number of aromatic nitrogens is 4.